The molecule has 1 heteroatoms. The minimum Gasteiger partial charge on any atom is -0.390 e. The Morgan fingerprint density at radius 1 is 1.36 bits per heavy atom. The van der Waals surface area contributed by atoms with Crippen molar-refractivity contribution in [3.63, 3.8) is 0 Å². The maximum Gasteiger partial charge on any atom is 0.0648 e. The molecule has 1 rings (SSSR count). The molecule has 1 N–H and O–H groups in total. The molecule has 0 aromatic heterocycles. The van der Waals surface area contributed by atoms with Crippen molar-refractivity contribution in [1.29, 1.82) is 0 Å². The van der Waals surface area contributed by atoms with Crippen LogP contribution < -0.4 is 0 Å². The van der Waals surface area contributed by atoms with E-state index in [-0.39, 0.29) is 5.60 Å². The van der Waals surface area contributed by atoms with Gasteiger partial charge in [-0.15, -0.1) is 0 Å². The van der Waals surface area contributed by atoms with Crippen LogP contribution >= 0.6 is 0 Å². The zero-order valence-corrected chi connectivity index (χ0v) is 7.77. The van der Waals surface area contributed by atoms with Gasteiger partial charge in [-0.2, -0.15) is 0 Å². The maximum atomic E-state index is 9.99. The molecule has 0 aliphatic heterocycles. The highest BCUT2D eigenvalue weighted by molar-refractivity contribution is 4.83. The van der Waals surface area contributed by atoms with Crippen LogP contribution in [0, 0.1) is 5.92 Å². The summed E-state index contributed by atoms with van der Waals surface area (Å²) in [6.07, 6.45) is 6.61. The summed E-state index contributed by atoms with van der Waals surface area (Å²) in [6, 6.07) is 0. The van der Waals surface area contributed by atoms with Crippen LogP contribution in [0.15, 0.2) is 0 Å². The van der Waals surface area contributed by atoms with Crippen molar-refractivity contribution in [3.05, 3.63) is 0 Å². The molecule has 11 heavy (non-hydrogen) atoms. The van der Waals surface area contributed by atoms with Crippen LogP contribution in [-0.2, 0) is 0 Å². The van der Waals surface area contributed by atoms with E-state index >= 15 is 0 Å². The molecule has 1 saturated carbocycles. The Morgan fingerprint density at radius 3 is 2.36 bits per heavy atom. The lowest BCUT2D eigenvalue weighted by molar-refractivity contribution is -0.0149. The predicted molar refractivity (Wildman–Crippen MR) is 47.5 cm³/mol. The number of rotatable bonds is 2. The Bertz CT molecular complexity index is 112. The van der Waals surface area contributed by atoms with Gasteiger partial charge in [0.25, 0.3) is 0 Å². The van der Waals surface area contributed by atoms with Gasteiger partial charge in [-0.3, -0.25) is 0 Å². The van der Waals surface area contributed by atoms with E-state index in [1.807, 2.05) is 0 Å². The summed E-state index contributed by atoms with van der Waals surface area (Å²) < 4.78 is 0. The van der Waals surface area contributed by atoms with Crippen molar-refractivity contribution in [2.24, 2.45) is 5.92 Å². The van der Waals surface area contributed by atoms with E-state index < -0.39 is 0 Å². The van der Waals surface area contributed by atoms with Gasteiger partial charge in [0.05, 0.1) is 5.60 Å². The molecule has 0 bridgehead atoms. The molecule has 1 aliphatic rings. The fourth-order valence-electron chi connectivity index (χ4n) is 2.01. The smallest absolute Gasteiger partial charge is 0.0648 e. The Labute approximate surface area is 69.8 Å². The van der Waals surface area contributed by atoms with E-state index in [1.54, 1.807) is 0 Å². The first-order valence-electron chi connectivity index (χ1n) is 4.89. The first-order valence-corrected chi connectivity index (χ1v) is 4.89. The van der Waals surface area contributed by atoms with Crippen LogP contribution in [0.5, 0.6) is 0 Å². The SMILES string of the molecule is CCC[C@]1(O)CC[C@H](C)CC1. The van der Waals surface area contributed by atoms with Gasteiger partial charge in [0, 0.05) is 0 Å². The molecule has 0 aromatic carbocycles. The molecule has 0 radical (unpaired) electrons. The molecule has 0 saturated heterocycles. The molecule has 0 heterocycles. The van der Waals surface area contributed by atoms with Crippen molar-refractivity contribution in [2.75, 3.05) is 0 Å². The van der Waals surface area contributed by atoms with Crippen molar-refractivity contribution in [3.8, 4) is 0 Å². The van der Waals surface area contributed by atoms with E-state index in [2.05, 4.69) is 13.8 Å². The van der Waals surface area contributed by atoms with Crippen molar-refractivity contribution < 1.29 is 5.11 Å². The van der Waals surface area contributed by atoms with Crippen molar-refractivity contribution in [1.82, 2.24) is 0 Å². The van der Waals surface area contributed by atoms with Gasteiger partial charge in [-0.25, -0.2) is 0 Å². The Morgan fingerprint density at radius 2 is 1.91 bits per heavy atom. The lowest BCUT2D eigenvalue weighted by Crippen LogP contribution is -2.33. The van der Waals surface area contributed by atoms with Gasteiger partial charge in [0.15, 0.2) is 0 Å². The summed E-state index contributed by atoms with van der Waals surface area (Å²) >= 11 is 0. The molecule has 1 fully saturated rings. The second-order valence-corrected chi connectivity index (χ2v) is 4.16. The Balaban J connectivity index is 2.35. The molecule has 0 aromatic rings. The fraction of sp³-hybridized carbons (Fsp3) is 1.00. The third-order valence-electron chi connectivity index (χ3n) is 2.92. The second-order valence-electron chi connectivity index (χ2n) is 4.16. The lowest BCUT2D eigenvalue weighted by atomic mass is 9.77. The lowest BCUT2D eigenvalue weighted by Gasteiger charge is -2.34. The summed E-state index contributed by atoms with van der Waals surface area (Å²) in [6.45, 7) is 4.43. The van der Waals surface area contributed by atoms with Gasteiger partial charge in [0.2, 0.25) is 0 Å². The summed E-state index contributed by atoms with van der Waals surface area (Å²) in [7, 11) is 0. The zero-order valence-electron chi connectivity index (χ0n) is 7.77. The van der Waals surface area contributed by atoms with Gasteiger partial charge in [-0.05, 0) is 38.0 Å². The molecular weight excluding hydrogens is 136 g/mol. The largest absolute Gasteiger partial charge is 0.390 e. The molecule has 1 nitrogen and oxygen atoms in total. The summed E-state index contributed by atoms with van der Waals surface area (Å²) in [5.41, 5.74) is -0.290. The van der Waals surface area contributed by atoms with Gasteiger partial charge in [-0.1, -0.05) is 20.3 Å². The molecule has 0 atom stereocenters. The third-order valence-corrected chi connectivity index (χ3v) is 2.92. The molecule has 66 valence electrons. The normalized spacial score (nSPS) is 39.0. The summed E-state index contributed by atoms with van der Waals surface area (Å²) in [4.78, 5) is 0. The molecular formula is C10H20O. The predicted octanol–water partition coefficient (Wildman–Crippen LogP) is 2.73. The number of hydrogen-bond acceptors (Lipinski definition) is 1. The zero-order chi connectivity index (χ0) is 8.32. The molecule has 0 spiro atoms. The van der Waals surface area contributed by atoms with Crippen LogP contribution in [-0.4, -0.2) is 10.7 Å². The van der Waals surface area contributed by atoms with Crippen molar-refractivity contribution >= 4 is 0 Å². The van der Waals surface area contributed by atoms with E-state index in [4.69, 9.17) is 0 Å². The van der Waals surface area contributed by atoms with Crippen LogP contribution in [0.1, 0.15) is 52.4 Å². The standard InChI is InChI=1S/C10H20O/c1-3-6-10(11)7-4-9(2)5-8-10/h9,11H,3-8H2,1-2H3/t9-,10-. The third kappa shape index (κ3) is 2.48. The topological polar surface area (TPSA) is 20.2 Å². The van der Waals surface area contributed by atoms with Gasteiger partial charge >= 0.3 is 0 Å². The quantitative estimate of drug-likeness (QED) is 0.651. The monoisotopic (exact) mass is 156 g/mol. The van der Waals surface area contributed by atoms with Crippen LogP contribution in [0.2, 0.25) is 0 Å². The van der Waals surface area contributed by atoms with E-state index in [1.165, 1.54) is 12.8 Å². The van der Waals surface area contributed by atoms with Gasteiger partial charge < -0.3 is 5.11 Å². The molecule has 0 amide bonds. The highest BCUT2D eigenvalue weighted by Gasteiger charge is 2.30. The fourth-order valence-corrected chi connectivity index (χ4v) is 2.01. The van der Waals surface area contributed by atoms with E-state index in [0.717, 1.165) is 31.6 Å². The minimum absolute atomic E-state index is 0.290. The van der Waals surface area contributed by atoms with Gasteiger partial charge in [0.1, 0.15) is 0 Å². The van der Waals surface area contributed by atoms with Crippen molar-refractivity contribution in [2.45, 2.75) is 58.0 Å². The van der Waals surface area contributed by atoms with Crippen LogP contribution in [0.25, 0.3) is 0 Å². The average molecular weight is 156 g/mol. The number of aliphatic hydroxyl groups is 1. The highest BCUT2D eigenvalue weighted by atomic mass is 16.3. The molecule has 1 aliphatic carbocycles. The maximum absolute atomic E-state index is 9.99. The highest BCUT2D eigenvalue weighted by Crippen LogP contribution is 2.34. The first kappa shape index (κ1) is 9.05. The second kappa shape index (κ2) is 3.57. The van der Waals surface area contributed by atoms with E-state index in [0.29, 0.717) is 0 Å². The first-order chi connectivity index (χ1) is 5.16. The van der Waals surface area contributed by atoms with Crippen LogP contribution in [0.4, 0.5) is 0 Å². The molecule has 0 unspecified atom stereocenters. The Kier molecular flexibility index (Phi) is 2.94. The summed E-state index contributed by atoms with van der Waals surface area (Å²) in [5.74, 6) is 0.840. The average Bonchev–Trinajstić information content (AvgIpc) is 1.97. The Hall–Kier alpha value is -0.0400. The number of hydrogen-bond donors (Lipinski definition) is 1. The minimum atomic E-state index is -0.290. The van der Waals surface area contributed by atoms with Crippen LogP contribution in [0.3, 0.4) is 0 Å². The van der Waals surface area contributed by atoms with E-state index in [9.17, 15) is 5.11 Å². The summed E-state index contributed by atoms with van der Waals surface area (Å²) in [5, 5.41) is 9.99.